The summed E-state index contributed by atoms with van der Waals surface area (Å²) in [5, 5.41) is 6.22. The van der Waals surface area contributed by atoms with Crippen LogP contribution in [0.25, 0.3) is 0 Å². The summed E-state index contributed by atoms with van der Waals surface area (Å²) in [7, 11) is 1.31. The maximum atomic E-state index is 11.7. The van der Waals surface area contributed by atoms with E-state index in [9.17, 15) is 9.59 Å². The fraction of sp³-hybridized carbons (Fsp3) is 0.455. The van der Waals surface area contributed by atoms with E-state index in [4.69, 9.17) is 0 Å². The molecular weight excluding hydrogens is 226 g/mol. The van der Waals surface area contributed by atoms with Crippen molar-refractivity contribution in [2.45, 2.75) is 19.9 Å². The van der Waals surface area contributed by atoms with Gasteiger partial charge in [0.25, 0.3) is 5.91 Å². The van der Waals surface area contributed by atoms with Crippen LogP contribution in [0.1, 0.15) is 24.2 Å². The van der Waals surface area contributed by atoms with Crippen LogP contribution in [0.2, 0.25) is 0 Å². The number of hydrogen-bond donors (Lipinski definition) is 1. The van der Waals surface area contributed by atoms with E-state index in [2.05, 4.69) is 10.1 Å². The molecule has 1 heterocycles. The van der Waals surface area contributed by atoms with Gasteiger partial charge in [0.2, 0.25) is 0 Å². The zero-order valence-corrected chi connectivity index (χ0v) is 10.3. The van der Waals surface area contributed by atoms with Gasteiger partial charge in [0.1, 0.15) is 6.04 Å². The van der Waals surface area contributed by atoms with Crippen molar-refractivity contribution in [2.75, 3.05) is 7.11 Å². The Balaban J connectivity index is 2.69. The summed E-state index contributed by atoms with van der Waals surface area (Å²) >= 11 is 1.44. The van der Waals surface area contributed by atoms with Gasteiger partial charge in [0, 0.05) is 5.38 Å². The van der Waals surface area contributed by atoms with Crippen molar-refractivity contribution in [1.29, 1.82) is 0 Å². The molecule has 1 atom stereocenters. The molecule has 1 aromatic rings. The van der Waals surface area contributed by atoms with E-state index in [0.29, 0.717) is 5.56 Å². The molecule has 0 aliphatic heterocycles. The first-order valence-corrected chi connectivity index (χ1v) is 5.91. The molecule has 4 nitrogen and oxygen atoms in total. The standard InChI is InChI=1S/C11H15NO3S/c1-7(2)9(11(14)15-3)12-10(13)8-4-5-16-6-8/h4-7,9H,1-3H3,(H,12,13)/t9-/m1/s1. The first kappa shape index (κ1) is 12.7. The molecule has 88 valence electrons. The Morgan fingerprint density at radius 1 is 1.44 bits per heavy atom. The Morgan fingerprint density at radius 2 is 2.12 bits per heavy atom. The summed E-state index contributed by atoms with van der Waals surface area (Å²) in [5.74, 6) is -0.668. The van der Waals surface area contributed by atoms with Gasteiger partial charge >= 0.3 is 5.97 Å². The van der Waals surface area contributed by atoms with Crippen LogP contribution < -0.4 is 5.32 Å². The number of carbonyl (C=O) groups is 2. The van der Waals surface area contributed by atoms with Gasteiger partial charge < -0.3 is 10.1 Å². The van der Waals surface area contributed by atoms with E-state index in [0.717, 1.165) is 0 Å². The highest BCUT2D eigenvalue weighted by atomic mass is 32.1. The second-order valence-electron chi connectivity index (χ2n) is 3.73. The molecule has 1 amide bonds. The third-order valence-corrected chi connectivity index (χ3v) is 2.87. The molecule has 0 spiro atoms. The highest BCUT2D eigenvalue weighted by Crippen LogP contribution is 2.09. The smallest absolute Gasteiger partial charge is 0.328 e. The van der Waals surface area contributed by atoms with Crippen molar-refractivity contribution >= 4 is 23.2 Å². The Labute approximate surface area is 98.6 Å². The number of methoxy groups -OCH3 is 1. The lowest BCUT2D eigenvalue weighted by molar-refractivity contribution is -0.144. The summed E-state index contributed by atoms with van der Waals surface area (Å²) in [4.78, 5) is 23.2. The first-order chi connectivity index (χ1) is 7.56. The van der Waals surface area contributed by atoms with E-state index in [1.165, 1.54) is 18.4 Å². The maximum Gasteiger partial charge on any atom is 0.328 e. The third kappa shape index (κ3) is 3.06. The van der Waals surface area contributed by atoms with E-state index < -0.39 is 12.0 Å². The maximum absolute atomic E-state index is 11.7. The number of nitrogens with one attached hydrogen (secondary N) is 1. The van der Waals surface area contributed by atoms with E-state index in [1.54, 1.807) is 11.4 Å². The Bertz CT molecular complexity index is 359. The van der Waals surface area contributed by atoms with E-state index in [-0.39, 0.29) is 11.8 Å². The molecule has 0 aliphatic carbocycles. The molecule has 1 aromatic heterocycles. The minimum atomic E-state index is -0.600. The van der Waals surface area contributed by atoms with Crippen molar-refractivity contribution in [3.05, 3.63) is 22.4 Å². The molecular formula is C11H15NO3S. The largest absolute Gasteiger partial charge is 0.467 e. The zero-order valence-electron chi connectivity index (χ0n) is 9.52. The summed E-state index contributed by atoms with van der Waals surface area (Å²) in [5.41, 5.74) is 0.569. The highest BCUT2D eigenvalue weighted by molar-refractivity contribution is 7.08. The number of ether oxygens (including phenoxy) is 1. The molecule has 0 aliphatic rings. The van der Waals surface area contributed by atoms with Crippen molar-refractivity contribution in [1.82, 2.24) is 5.32 Å². The molecule has 0 saturated heterocycles. The van der Waals surface area contributed by atoms with Gasteiger partial charge in [0.05, 0.1) is 12.7 Å². The Hall–Kier alpha value is -1.36. The average Bonchev–Trinajstić information content (AvgIpc) is 2.77. The number of thiophene rings is 1. The predicted molar refractivity (Wildman–Crippen MR) is 62.4 cm³/mol. The van der Waals surface area contributed by atoms with Crippen LogP contribution in [-0.4, -0.2) is 25.0 Å². The van der Waals surface area contributed by atoms with Gasteiger partial charge in [-0.25, -0.2) is 4.79 Å². The monoisotopic (exact) mass is 241 g/mol. The van der Waals surface area contributed by atoms with Crippen molar-refractivity contribution in [2.24, 2.45) is 5.92 Å². The average molecular weight is 241 g/mol. The number of esters is 1. The molecule has 0 saturated carbocycles. The number of hydrogen-bond acceptors (Lipinski definition) is 4. The molecule has 16 heavy (non-hydrogen) atoms. The van der Waals surface area contributed by atoms with Gasteiger partial charge in [0.15, 0.2) is 0 Å². The molecule has 0 bridgehead atoms. The van der Waals surface area contributed by atoms with Gasteiger partial charge in [-0.2, -0.15) is 11.3 Å². The Kier molecular flexibility index (Phi) is 4.49. The summed E-state index contributed by atoms with van der Waals surface area (Å²) in [6.45, 7) is 3.71. The first-order valence-electron chi connectivity index (χ1n) is 4.97. The second kappa shape index (κ2) is 5.65. The lowest BCUT2D eigenvalue weighted by Crippen LogP contribution is -2.44. The van der Waals surface area contributed by atoms with E-state index >= 15 is 0 Å². The molecule has 0 fully saturated rings. The summed E-state index contributed by atoms with van der Waals surface area (Å²) in [6.07, 6.45) is 0. The van der Waals surface area contributed by atoms with Crippen LogP contribution in [0, 0.1) is 5.92 Å². The van der Waals surface area contributed by atoms with Gasteiger partial charge in [-0.15, -0.1) is 0 Å². The van der Waals surface area contributed by atoms with Crippen LogP contribution in [-0.2, 0) is 9.53 Å². The lowest BCUT2D eigenvalue weighted by atomic mass is 10.0. The van der Waals surface area contributed by atoms with Crippen molar-refractivity contribution in [3.63, 3.8) is 0 Å². The van der Waals surface area contributed by atoms with Crippen LogP contribution in [0.15, 0.2) is 16.8 Å². The predicted octanol–water partition coefficient (Wildman–Crippen LogP) is 1.68. The van der Waals surface area contributed by atoms with Crippen molar-refractivity contribution in [3.8, 4) is 0 Å². The number of rotatable bonds is 4. The SMILES string of the molecule is COC(=O)[C@H](NC(=O)c1ccsc1)C(C)C. The molecule has 1 rings (SSSR count). The Morgan fingerprint density at radius 3 is 2.56 bits per heavy atom. The topological polar surface area (TPSA) is 55.4 Å². The molecule has 0 radical (unpaired) electrons. The fourth-order valence-corrected chi connectivity index (χ4v) is 1.88. The minimum absolute atomic E-state index is 0.00460. The highest BCUT2D eigenvalue weighted by Gasteiger charge is 2.25. The quantitative estimate of drug-likeness (QED) is 0.816. The van der Waals surface area contributed by atoms with Gasteiger partial charge in [-0.1, -0.05) is 13.8 Å². The molecule has 1 N–H and O–H groups in total. The van der Waals surface area contributed by atoms with Crippen LogP contribution >= 0.6 is 11.3 Å². The normalized spacial score (nSPS) is 12.2. The second-order valence-corrected chi connectivity index (χ2v) is 4.51. The molecule has 0 unspecified atom stereocenters. The summed E-state index contributed by atoms with van der Waals surface area (Å²) < 4.78 is 4.64. The van der Waals surface area contributed by atoms with Gasteiger partial charge in [-0.05, 0) is 17.4 Å². The zero-order chi connectivity index (χ0) is 12.1. The van der Waals surface area contributed by atoms with Gasteiger partial charge in [-0.3, -0.25) is 4.79 Å². The lowest BCUT2D eigenvalue weighted by Gasteiger charge is -2.19. The third-order valence-electron chi connectivity index (χ3n) is 2.19. The van der Waals surface area contributed by atoms with E-state index in [1.807, 2.05) is 19.2 Å². The number of amides is 1. The fourth-order valence-electron chi connectivity index (χ4n) is 1.24. The molecule has 5 heteroatoms. The van der Waals surface area contributed by atoms with Crippen LogP contribution in [0.4, 0.5) is 0 Å². The van der Waals surface area contributed by atoms with Crippen LogP contribution in [0.3, 0.4) is 0 Å². The summed E-state index contributed by atoms with van der Waals surface area (Å²) in [6, 6.07) is 1.12. The van der Waals surface area contributed by atoms with Crippen LogP contribution in [0.5, 0.6) is 0 Å². The molecule has 0 aromatic carbocycles. The van der Waals surface area contributed by atoms with Crippen molar-refractivity contribution < 1.29 is 14.3 Å². The minimum Gasteiger partial charge on any atom is -0.467 e. The number of carbonyl (C=O) groups excluding carboxylic acids is 2.